The van der Waals surface area contributed by atoms with Crippen molar-refractivity contribution in [3.8, 4) is 0 Å². The third kappa shape index (κ3) is 3.51. The van der Waals surface area contributed by atoms with Gasteiger partial charge < -0.3 is 4.57 Å². The number of benzene rings is 1. The smallest absolute Gasteiger partial charge is 0.0969 e. The molecule has 0 heterocycles. The van der Waals surface area contributed by atoms with Gasteiger partial charge in [0, 0.05) is 4.90 Å². The molecule has 0 aliphatic carbocycles. The minimum Gasteiger partial charge on any atom is -0.323 e. The zero-order chi connectivity index (χ0) is 10.4. The molecule has 0 amide bonds. The van der Waals surface area contributed by atoms with Gasteiger partial charge in [0.05, 0.1) is 12.6 Å². The average molecular weight is 228 g/mol. The summed E-state index contributed by atoms with van der Waals surface area (Å²) in [7, 11) is -1.88. The molecule has 0 N–H and O–H groups in total. The van der Waals surface area contributed by atoms with Crippen LogP contribution in [-0.2, 0) is 4.57 Å². The fourth-order valence-electron chi connectivity index (χ4n) is 1.12. The van der Waals surface area contributed by atoms with Gasteiger partial charge in [-0.3, -0.25) is 0 Å². The third-order valence-electron chi connectivity index (χ3n) is 2.36. The number of thioether (sulfide) groups is 1. The number of hydrogen-bond acceptors (Lipinski definition) is 2. The maximum Gasteiger partial charge on any atom is 0.0969 e. The summed E-state index contributed by atoms with van der Waals surface area (Å²) in [6.45, 7) is 4.05. The quantitative estimate of drug-likeness (QED) is 0.556. The normalized spacial score (nSPS) is 11.6. The van der Waals surface area contributed by atoms with Crippen LogP contribution in [0.3, 0.4) is 0 Å². The van der Waals surface area contributed by atoms with Crippen LogP contribution in [0.15, 0.2) is 35.2 Å². The van der Waals surface area contributed by atoms with Crippen molar-refractivity contribution in [2.24, 2.45) is 0 Å². The van der Waals surface area contributed by atoms with Gasteiger partial charge in [0.25, 0.3) is 0 Å². The first-order valence-corrected chi connectivity index (χ1v) is 8.20. The van der Waals surface area contributed by atoms with Crippen LogP contribution in [0.5, 0.6) is 0 Å². The molecule has 1 nitrogen and oxygen atoms in total. The Morgan fingerprint density at radius 2 is 1.71 bits per heavy atom. The van der Waals surface area contributed by atoms with Crippen molar-refractivity contribution >= 4 is 18.9 Å². The van der Waals surface area contributed by atoms with Crippen LogP contribution in [0.2, 0.25) is 0 Å². The summed E-state index contributed by atoms with van der Waals surface area (Å²) in [5.74, 6) is 0. The second-order valence-electron chi connectivity index (χ2n) is 3.28. The Balaban J connectivity index is 2.52. The van der Waals surface area contributed by atoms with E-state index < -0.39 is 7.14 Å². The van der Waals surface area contributed by atoms with Crippen molar-refractivity contribution in [1.82, 2.24) is 0 Å². The zero-order valence-electron chi connectivity index (χ0n) is 8.77. The lowest BCUT2D eigenvalue weighted by Crippen LogP contribution is -1.91. The molecule has 1 rings (SSSR count). The molecule has 78 valence electrons. The molecule has 0 radical (unpaired) electrons. The average Bonchev–Trinajstić information content (AvgIpc) is 2.27. The zero-order valence-corrected chi connectivity index (χ0v) is 10.5. The first kappa shape index (κ1) is 11.9. The molecular formula is C11H17OPS. The van der Waals surface area contributed by atoms with Crippen molar-refractivity contribution in [1.29, 1.82) is 0 Å². The topological polar surface area (TPSA) is 17.1 Å². The minimum atomic E-state index is -1.88. The van der Waals surface area contributed by atoms with Gasteiger partial charge in [0.2, 0.25) is 0 Å². The molecule has 0 aliphatic heterocycles. The van der Waals surface area contributed by atoms with Crippen molar-refractivity contribution in [3.05, 3.63) is 30.3 Å². The Labute approximate surface area is 90.7 Å². The van der Waals surface area contributed by atoms with Gasteiger partial charge in [-0.15, -0.1) is 11.8 Å². The van der Waals surface area contributed by atoms with Crippen LogP contribution in [0, 0.1) is 0 Å². The van der Waals surface area contributed by atoms with Crippen LogP contribution in [0.25, 0.3) is 0 Å². The standard InChI is InChI=1S/C11H17OPS/c1-3-13(12,4-2)10-14-11-8-6-5-7-9-11/h5-9H,3-4,10H2,1-2H3. The lowest BCUT2D eigenvalue weighted by molar-refractivity contribution is 0.579. The summed E-state index contributed by atoms with van der Waals surface area (Å²) >= 11 is 1.71. The fourth-order valence-corrected chi connectivity index (χ4v) is 4.91. The molecule has 0 saturated heterocycles. The van der Waals surface area contributed by atoms with Gasteiger partial charge in [-0.25, -0.2) is 0 Å². The van der Waals surface area contributed by atoms with E-state index >= 15 is 0 Å². The van der Waals surface area contributed by atoms with E-state index in [0.717, 1.165) is 17.8 Å². The van der Waals surface area contributed by atoms with Gasteiger partial charge in [-0.05, 0) is 24.5 Å². The van der Waals surface area contributed by atoms with E-state index in [0.29, 0.717) is 0 Å². The Morgan fingerprint density at radius 1 is 1.14 bits per heavy atom. The van der Waals surface area contributed by atoms with E-state index in [-0.39, 0.29) is 0 Å². The molecular weight excluding hydrogens is 211 g/mol. The van der Waals surface area contributed by atoms with E-state index in [1.807, 2.05) is 32.0 Å². The lowest BCUT2D eigenvalue weighted by atomic mass is 10.4. The summed E-state index contributed by atoms with van der Waals surface area (Å²) in [5, 5.41) is 0. The minimum absolute atomic E-state index is 0.782. The lowest BCUT2D eigenvalue weighted by Gasteiger charge is -2.13. The Hall–Kier alpha value is -0.200. The monoisotopic (exact) mass is 228 g/mol. The highest BCUT2D eigenvalue weighted by molar-refractivity contribution is 8.05. The van der Waals surface area contributed by atoms with Crippen molar-refractivity contribution in [2.75, 3.05) is 17.8 Å². The SMILES string of the molecule is CCP(=O)(CC)CSc1ccccc1. The molecule has 0 unspecified atom stereocenters. The van der Waals surface area contributed by atoms with E-state index in [9.17, 15) is 4.57 Å². The predicted molar refractivity (Wildman–Crippen MR) is 65.9 cm³/mol. The third-order valence-corrected chi connectivity index (χ3v) is 7.67. The second kappa shape index (κ2) is 5.63. The van der Waals surface area contributed by atoms with E-state index in [2.05, 4.69) is 12.1 Å². The summed E-state index contributed by atoms with van der Waals surface area (Å²) < 4.78 is 12.1. The van der Waals surface area contributed by atoms with Crippen LogP contribution < -0.4 is 0 Å². The molecule has 0 spiro atoms. The Kier molecular flexibility index (Phi) is 4.77. The van der Waals surface area contributed by atoms with Gasteiger partial charge >= 0.3 is 0 Å². The number of hydrogen-bond donors (Lipinski definition) is 0. The van der Waals surface area contributed by atoms with Gasteiger partial charge in [0.1, 0.15) is 0 Å². The molecule has 0 fully saturated rings. The summed E-state index contributed by atoms with van der Waals surface area (Å²) in [6.07, 6.45) is 1.65. The van der Waals surface area contributed by atoms with Gasteiger partial charge in [-0.2, -0.15) is 0 Å². The molecule has 1 aromatic rings. The number of rotatable bonds is 5. The summed E-state index contributed by atoms with van der Waals surface area (Å²) in [4.78, 5) is 1.22. The Morgan fingerprint density at radius 3 is 2.21 bits per heavy atom. The largest absolute Gasteiger partial charge is 0.323 e. The first-order valence-electron chi connectivity index (χ1n) is 4.95. The van der Waals surface area contributed by atoms with Crippen molar-refractivity contribution in [2.45, 2.75) is 18.7 Å². The summed E-state index contributed by atoms with van der Waals surface area (Å²) in [5.41, 5.74) is 0.782. The van der Waals surface area contributed by atoms with E-state index in [1.54, 1.807) is 11.8 Å². The van der Waals surface area contributed by atoms with E-state index in [4.69, 9.17) is 0 Å². The van der Waals surface area contributed by atoms with Crippen LogP contribution in [0.1, 0.15) is 13.8 Å². The second-order valence-corrected chi connectivity index (χ2v) is 8.45. The van der Waals surface area contributed by atoms with Gasteiger partial charge in [-0.1, -0.05) is 32.0 Å². The van der Waals surface area contributed by atoms with Gasteiger partial charge in [0.15, 0.2) is 0 Å². The highest BCUT2D eigenvalue weighted by Crippen LogP contribution is 2.48. The Bertz CT molecular complexity index is 302. The molecule has 0 aromatic heterocycles. The van der Waals surface area contributed by atoms with Crippen LogP contribution in [-0.4, -0.2) is 17.8 Å². The molecule has 0 saturated carbocycles. The highest BCUT2D eigenvalue weighted by atomic mass is 32.2. The molecule has 3 heteroatoms. The molecule has 0 aliphatic rings. The van der Waals surface area contributed by atoms with Crippen LogP contribution >= 0.6 is 18.9 Å². The molecule has 0 bridgehead atoms. The predicted octanol–water partition coefficient (Wildman–Crippen LogP) is 4.14. The maximum atomic E-state index is 12.1. The summed E-state index contributed by atoms with van der Waals surface area (Å²) in [6, 6.07) is 10.2. The van der Waals surface area contributed by atoms with Crippen LogP contribution in [0.4, 0.5) is 0 Å². The molecule has 14 heavy (non-hydrogen) atoms. The molecule has 0 atom stereocenters. The molecule has 1 aromatic carbocycles. The first-order chi connectivity index (χ1) is 6.70. The maximum absolute atomic E-state index is 12.1. The fraction of sp³-hybridized carbons (Fsp3) is 0.455. The highest BCUT2D eigenvalue weighted by Gasteiger charge is 2.16. The van der Waals surface area contributed by atoms with E-state index in [1.165, 1.54) is 4.90 Å². The van der Waals surface area contributed by atoms with Crippen molar-refractivity contribution < 1.29 is 4.57 Å². The van der Waals surface area contributed by atoms with Crippen molar-refractivity contribution in [3.63, 3.8) is 0 Å².